The van der Waals surface area contributed by atoms with Gasteiger partial charge in [-0.15, -0.1) is 0 Å². The summed E-state index contributed by atoms with van der Waals surface area (Å²) in [4.78, 5) is 11.7. The molecule has 1 N–H and O–H groups in total. The lowest BCUT2D eigenvalue weighted by molar-refractivity contribution is -0.141. The standard InChI is InChI=1S/C17H17Cl2NO4S/c1-11-3-6-13(7-4-11)25(23,24)20(2)16(17(21)22)10-12-5-8-14(18)15(19)9-12/h3-9,16H,10H2,1-2H3,(H,21,22). The van der Waals surface area contributed by atoms with E-state index in [1.165, 1.54) is 25.2 Å². The molecule has 0 saturated heterocycles. The van der Waals surface area contributed by atoms with E-state index in [4.69, 9.17) is 23.2 Å². The Morgan fingerprint density at radius 3 is 2.24 bits per heavy atom. The van der Waals surface area contributed by atoms with E-state index in [-0.39, 0.29) is 16.3 Å². The van der Waals surface area contributed by atoms with Crippen molar-refractivity contribution in [2.75, 3.05) is 7.05 Å². The Kier molecular flexibility index (Phi) is 6.11. The van der Waals surface area contributed by atoms with E-state index < -0.39 is 22.0 Å². The molecule has 2 aromatic rings. The summed E-state index contributed by atoms with van der Waals surface area (Å²) in [6, 6.07) is 9.67. The minimum Gasteiger partial charge on any atom is -0.480 e. The molecule has 0 heterocycles. The molecular weight excluding hydrogens is 385 g/mol. The highest BCUT2D eigenvalue weighted by molar-refractivity contribution is 7.89. The normalized spacial score (nSPS) is 13.0. The third-order valence-corrected chi connectivity index (χ3v) is 6.45. The molecule has 0 aliphatic carbocycles. The first-order valence-corrected chi connectivity index (χ1v) is 9.54. The lowest BCUT2D eigenvalue weighted by Crippen LogP contribution is -2.43. The van der Waals surface area contributed by atoms with Crippen molar-refractivity contribution in [2.45, 2.75) is 24.3 Å². The molecular formula is C17H17Cl2NO4S. The van der Waals surface area contributed by atoms with Crippen molar-refractivity contribution in [3.8, 4) is 0 Å². The van der Waals surface area contributed by atoms with Crippen LogP contribution in [0.1, 0.15) is 11.1 Å². The second kappa shape index (κ2) is 7.74. The van der Waals surface area contributed by atoms with Crippen molar-refractivity contribution in [2.24, 2.45) is 0 Å². The second-order valence-corrected chi connectivity index (χ2v) is 8.45. The van der Waals surface area contributed by atoms with Crippen LogP contribution in [0.5, 0.6) is 0 Å². The van der Waals surface area contributed by atoms with Gasteiger partial charge in [0.25, 0.3) is 0 Å². The summed E-state index contributed by atoms with van der Waals surface area (Å²) in [5.41, 5.74) is 1.49. The molecule has 0 aromatic heterocycles. The highest BCUT2D eigenvalue weighted by Gasteiger charge is 2.33. The largest absolute Gasteiger partial charge is 0.480 e. The van der Waals surface area contributed by atoms with E-state index in [9.17, 15) is 18.3 Å². The van der Waals surface area contributed by atoms with Gasteiger partial charge in [0.1, 0.15) is 6.04 Å². The van der Waals surface area contributed by atoms with Crippen LogP contribution in [-0.4, -0.2) is 36.9 Å². The summed E-state index contributed by atoms with van der Waals surface area (Å²) < 4.78 is 26.3. The number of sulfonamides is 1. The predicted molar refractivity (Wildman–Crippen MR) is 97.7 cm³/mol. The van der Waals surface area contributed by atoms with Crippen LogP contribution in [0.3, 0.4) is 0 Å². The van der Waals surface area contributed by atoms with Crippen molar-refractivity contribution in [1.29, 1.82) is 0 Å². The molecule has 1 unspecified atom stereocenters. The van der Waals surface area contributed by atoms with Gasteiger partial charge in [-0.3, -0.25) is 4.79 Å². The number of likely N-dealkylation sites (N-methyl/N-ethyl adjacent to an activating group) is 1. The first-order valence-electron chi connectivity index (χ1n) is 7.34. The minimum atomic E-state index is -3.94. The first kappa shape index (κ1) is 19.7. The van der Waals surface area contributed by atoms with Crippen molar-refractivity contribution >= 4 is 39.2 Å². The van der Waals surface area contributed by atoms with Crippen LogP contribution in [0.15, 0.2) is 47.4 Å². The van der Waals surface area contributed by atoms with E-state index >= 15 is 0 Å². The molecule has 0 bridgehead atoms. The number of carboxylic acids is 1. The third kappa shape index (κ3) is 4.52. The topological polar surface area (TPSA) is 74.7 Å². The van der Waals surface area contributed by atoms with Gasteiger partial charge in [0, 0.05) is 7.05 Å². The molecule has 0 fully saturated rings. The molecule has 1 atom stereocenters. The lowest BCUT2D eigenvalue weighted by atomic mass is 10.1. The molecule has 0 aliphatic rings. The second-order valence-electron chi connectivity index (χ2n) is 5.64. The number of hydrogen-bond acceptors (Lipinski definition) is 3. The Labute approximate surface area is 156 Å². The molecule has 5 nitrogen and oxygen atoms in total. The summed E-state index contributed by atoms with van der Waals surface area (Å²) in [5, 5.41) is 10.1. The van der Waals surface area contributed by atoms with Gasteiger partial charge in [0.2, 0.25) is 10.0 Å². The SMILES string of the molecule is Cc1ccc(S(=O)(=O)N(C)C(Cc2ccc(Cl)c(Cl)c2)C(=O)O)cc1. The Hall–Kier alpha value is -1.60. The summed E-state index contributed by atoms with van der Waals surface area (Å²) >= 11 is 11.8. The van der Waals surface area contributed by atoms with Gasteiger partial charge in [-0.1, -0.05) is 47.0 Å². The highest BCUT2D eigenvalue weighted by Crippen LogP contribution is 2.25. The number of benzene rings is 2. The maximum absolute atomic E-state index is 12.7. The summed E-state index contributed by atoms with van der Waals surface area (Å²) in [5.74, 6) is -1.25. The van der Waals surface area contributed by atoms with Crippen molar-refractivity contribution < 1.29 is 18.3 Å². The number of aliphatic carboxylic acids is 1. The van der Waals surface area contributed by atoms with E-state index in [1.807, 2.05) is 6.92 Å². The minimum absolute atomic E-state index is 0.0339. The smallest absolute Gasteiger partial charge is 0.322 e. The van der Waals surface area contributed by atoms with Gasteiger partial charge in [-0.2, -0.15) is 4.31 Å². The number of carbonyl (C=O) groups is 1. The van der Waals surface area contributed by atoms with Crippen LogP contribution >= 0.6 is 23.2 Å². The van der Waals surface area contributed by atoms with Gasteiger partial charge in [-0.05, 0) is 43.2 Å². The molecule has 0 amide bonds. The van der Waals surface area contributed by atoms with Crippen LogP contribution in [0.2, 0.25) is 10.0 Å². The Morgan fingerprint density at radius 1 is 1.12 bits per heavy atom. The zero-order valence-electron chi connectivity index (χ0n) is 13.6. The van der Waals surface area contributed by atoms with Gasteiger partial charge >= 0.3 is 5.97 Å². The monoisotopic (exact) mass is 401 g/mol. The number of carboxylic acid groups (broad SMARTS) is 1. The third-order valence-electron chi connectivity index (χ3n) is 3.84. The zero-order chi connectivity index (χ0) is 18.8. The van der Waals surface area contributed by atoms with E-state index in [0.29, 0.717) is 10.6 Å². The van der Waals surface area contributed by atoms with E-state index in [2.05, 4.69) is 0 Å². The van der Waals surface area contributed by atoms with Crippen molar-refractivity contribution in [1.82, 2.24) is 4.31 Å². The zero-order valence-corrected chi connectivity index (χ0v) is 15.9. The van der Waals surface area contributed by atoms with Gasteiger partial charge in [-0.25, -0.2) is 8.42 Å². The number of halogens is 2. The molecule has 0 aliphatic heterocycles. The lowest BCUT2D eigenvalue weighted by Gasteiger charge is -2.24. The van der Waals surface area contributed by atoms with Crippen molar-refractivity contribution in [3.05, 3.63) is 63.6 Å². The Balaban J connectivity index is 2.33. The van der Waals surface area contributed by atoms with Crippen LogP contribution < -0.4 is 0 Å². The molecule has 134 valence electrons. The summed E-state index contributed by atoms with van der Waals surface area (Å²) in [6.07, 6.45) is -0.0339. The number of aryl methyl sites for hydroxylation is 1. The molecule has 25 heavy (non-hydrogen) atoms. The fourth-order valence-electron chi connectivity index (χ4n) is 2.31. The summed E-state index contributed by atoms with van der Waals surface area (Å²) in [6.45, 7) is 1.84. The van der Waals surface area contributed by atoms with Gasteiger partial charge in [0.05, 0.1) is 14.9 Å². The Bertz CT molecular complexity index is 882. The van der Waals surface area contributed by atoms with Gasteiger partial charge in [0.15, 0.2) is 0 Å². The molecule has 0 saturated carbocycles. The van der Waals surface area contributed by atoms with Crippen LogP contribution in [0.4, 0.5) is 0 Å². The molecule has 2 rings (SSSR count). The molecule has 0 spiro atoms. The number of hydrogen-bond donors (Lipinski definition) is 1. The Morgan fingerprint density at radius 2 is 1.72 bits per heavy atom. The van der Waals surface area contributed by atoms with E-state index in [1.54, 1.807) is 24.3 Å². The van der Waals surface area contributed by atoms with Crippen molar-refractivity contribution in [3.63, 3.8) is 0 Å². The number of nitrogens with zero attached hydrogens (tertiary/aromatic N) is 1. The average molecular weight is 402 g/mol. The maximum Gasteiger partial charge on any atom is 0.322 e. The fourth-order valence-corrected chi connectivity index (χ4v) is 3.94. The maximum atomic E-state index is 12.7. The van der Waals surface area contributed by atoms with Crippen LogP contribution in [0, 0.1) is 6.92 Å². The molecule has 8 heteroatoms. The van der Waals surface area contributed by atoms with E-state index in [0.717, 1.165) is 9.87 Å². The first-order chi connectivity index (χ1) is 11.6. The quantitative estimate of drug-likeness (QED) is 0.801. The fraction of sp³-hybridized carbons (Fsp3) is 0.235. The number of rotatable bonds is 6. The molecule has 2 aromatic carbocycles. The predicted octanol–water partition coefficient (Wildman–Crippen LogP) is 3.62. The van der Waals surface area contributed by atoms with Crippen LogP contribution in [0.25, 0.3) is 0 Å². The highest BCUT2D eigenvalue weighted by atomic mass is 35.5. The van der Waals surface area contributed by atoms with Crippen LogP contribution in [-0.2, 0) is 21.2 Å². The molecule has 0 radical (unpaired) electrons. The average Bonchev–Trinajstić information content (AvgIpc) is 2.55. The summed E-state index contributed by atoms with van der Waals surface area (Å²) in [7, 11) is -2.69. The van der Waals surface area contributed by atoms with Gasteiger partial charge < -0.3 is 5.11 Å².